The number of thioether (sulfide) groups is 1. The number of aliphatic carboxylic acids is 1. The molecule has 0 aromatic carbocycles. The van der Waals surface area contributed by atoms with Gasteiger partial charge in [0.1, 0.15) is 5.70 Å². The zero-order chi connectivity index (χ0) is 22.3. The molecule has 2 saturated heterocycles. The number of carbonyl (C=O) groups excluding carboxylic acids is 1. The lowest BCUT2D eigenvalue weighted by Crippen LogP contribution is -2.63. The average molecular weight is 453 g/mol. The lowest BCUT2D eigenvalue weighted by Gasteiger charge is -2.46. The van der Waals surface area contributed by atoms with Crippen molar-refractivity contribution in [2.24, 2.45) is 23.5 Å². The monoisotopic (exact) mass is 452 g/mol. The number of hydrogen-bond donors (Lipinski definition) is 4. The number of aliphatic hydroxyl groups excluding tert-OH is 1. The van der Waals surface area contributed by atoms with Gasteiger partial charge in [-0.1, -0.05) is 6.92 Å². The Bertz CT molecular complexity index is 731. The van der Waals surface area contributed by atoms with Gasteiger partial charge in [0.15, 0.2) is 0 Å². The van der Waals surface area contributed by atoms with Crippen molar-refractivity contribution in [3.05, 3.63) is 10.6 Å². The molecule has 31 heavy (non-hydrogen) atoms. The van der Waals surface area contributed by atoms with E-state index in [2.05, 4.69) is 10.2 Å². The van der Waals surface area contributed by atoms with Crippen LogP contribution in [0.2, 0.25) is 0 Å². The minimum atomic E-state index is -1.04. The van der Waals surface area contributed by atoms with E-state index in [0.29, 0.717) is 17.8 Å². The number of amides is 1. The second kappa shape index (κ2) is 9.39. The van der Waals surface area contributed by atoms with Gasteiger partial charge >= 0.3 is 5.97 Å². The highest BCUT2D eigenvalue weighted by atomic mass is 32.2. The number of hydrogen-bond acceptors (Lipinski definition) is 7. The molecule has 9 heteroatoms. The van der Waals surface area contributed by atoms with Crippen molar-refractivity contribution < 1.29 is 19.8 Å². The smallest absolute Gasteiger partial charge is 0.353 e. The Morgan fingerprint density at radius 3 is 2.55 bits per heavy atom. The van der Waals surface area contributed by atoms with Crippen LogP contribution in [0.3, 0.4) is 0 Å². The predicted octanol–water partition coefficient (Wildman–Crippen LogP) is 0.665. The topological polar surface area (TPSA) is 119 Å². The van der Waals surface area contributed by atoms with Gasteiger partial charge in [0, 0.05) is 54.8 Å². The molecular weight excluding hydrogens is 416 g/mol. The summed E-state index contributed by atoms with van der Waals surface area (Å²) in [6.45, 7) is 8.26. The summed E-state index contributed by atoms with van der Waals surface area (Å²) in [7, 11) is 0. The van der Waals surface area contributed by atoms with Crippen molar-refractivity contribution in [1.82, 2.24) is 15.1 Å². The molecule has 8 nitrogen and oxygen atoms in total. The third-order valence-electron chi connectivity index (χ3n) is 7.47. The van der Waals surface area contributed by atoms with E-state index in [1.807, 2.05) is 6.92 Å². The largest absolute Gasteiger partial charge is 0.477 e. The quantitative estimate of drug-likeness (QED) is 0.377. The zero-order valence-corrected chi connectivity index (χ0v) is 19.3. The van der Waals surface area contributed by atoms with Crippen molar-refractivity contribution in [3.8, 4) is 0 Å². The van der Waals surface area contributed by atoms with Crippen LogP contribution < -0.4 is 11.1 Å². The number of nitrogens with two attached hydrogens (primary N) is 1. The maximum atomic E-state index is 12.5. The molecule has 0 radical (unpaired) electrons. The minimum Gasteiger partial charge on any atom is -0.477 e. The Kier molecular flexibility index (Phi) is 6.98. The molecule has 3 heterocycles. The number of aliphatic hydroxyl groups is 1. The Balaban J connectivity index is 1.27. The van der Waals surface area contributed by atoms with Gasteiger partial charge in [-0.05, 0) is 38.5 Å². The number of carbonyl (C=O) groups is 2. The van der Waals surface area contributed by atoms with E-state index in [0.717, 1.165) is 37.0 Å². The second-order valence-corrected chi connectivity index (χ2v) is 11.0. The van der Waals surface area contributed by atoms with Crippen LogP contribution in [0.4, 0.5) is 0 Å². The molecule has 5 N–H and O–H groups in total. The van der Waals surface area contributed by atoms with E-state index in [1.165, 1.54) is 30.6 Å². The number of nitrogens with one attached hydrogen (secondary N) is 1. The van der Waals surface area contributed by atoms with Crippen LogP contribution in [0.15, 0.2) is 10.6 Å². The predicted molar refractivity (Wildman–Crippen MR) is 120 cm³/mol. The fourth-order valence-electron chi connectivity index (χ4n) is 5.81. The van der Waals surface area contributed by atoms with Crippen LogP contribution in [0, 0.1) is 17.8 Å². The Morgan fingerprint density at radius 2 is 1.97 bits per heavy atom. The average Bonchev–Trinajstić information content (AvgIpc) is 2.94. The first-order chi connectivity index (χ1) is 14.8. The maximum absolute atomic E-state index is 12.5. The van der Waals surface area contributed by atoms with E-state index in [9.17, 15) is 19.8 Å². The van der Waals surface area contributed by atoms with E-state index in [4.69, 9.17) is 5.73 Å². The van der Waals surface area contributed by atoms with Crippen molar-refractivity contribution in [2.45, 2.75) is 63.0 Å². The first kappa shape index (κ1) is 23.0. The summed E-state index contributed by atoms with van der Waals surface area (Å²) in [5.74, 6) is -1.09. The molecule has 0 aromatic rings. The third-order valence-corrected chi connectivity index (χ3v) is 8.92. The molecule has 0 spiro atoms. The molecule has 0 aromatic heterocycles. The summed E-state index contributed by atoms with van der Waals surface area (Å²) >= 11 is 1.64. The third kappa shape index (κ3) is 4.39. The fourth-order valence-corrected chi connectivity index (χ4v) is 7.39. The number of carboxylic acids is 1. The molecular formula is C22H36N4O4S. The summed E-state index contributed by atoms with van der Waals surface area (Å²) in [6, 6.07) is 0.392. The first-order valence-electron chi connectivity index (χ1n) is 11.6. The number of rotatable bonds is 9. The second-order valence-electron chi connectivity index (χ2n) is 9.69. The van der Waals surface area contributed by atoms with Gasteiger partial charge in [-0.2, -0.15) is 0 Å². The van der Waals surface area contributed by atoms with Gasteiger partial charge in [-0.3, -0.25) is 4.79 Å². The summed E-state index contributed by atoms with van der Waals surface area (Å²) in [6.07, 6.45) is 4.19. The van der Waals surface area contributed by atoms with Crippen LogP contribution in [-0.2, 0) is 9.59 Å². The minimum absolute atomic E-state index is 0.0428. The molecule has 3 aliphatic heterocycles. The Labute approximate surface area is 188 Å². The van der Waals surface area contributed by atoms with Gasteiger partial charge in [0.05, 0.1) is 18.1 Å². The van der Waals surface area contributed by atoms with Gasteiger partial charge in [-0.15, -0.1) is 11.8 Å². The molecule has 1 amide bonds. The zero-order valence-electron chi connectivity index (χ0n) is 18.5. The fraction of sp³-hybridized carbons (Fsp3) is 0.818. The number of fused-ring (bicyclic) bond motifs is 1. The highest BCUT2D eigenvalue weighted by molar-refractivity contribution is 8.03. The highest BCUT2D eigenvalue weighted by Gasteiger charge is 2.60. The van der Waals surface area contributed by atoms with E-state index in [1.54, 1.807) is 18.7 Å². The summed E-state index contributed by atoms with van der Waals surface area (Å²) < 4.78 is 0. The molecule has 4 rings (SSSR count). The molecule has 0 unspecified atom stereocenters. The number of β-lactam (4-membered cyclic amide) rings is 1. The van der Waals surface area contributed by atoms with E-state index in [-0.39, 0.29) is 23.6 Å². The standard InChI is InChI=1S/C22H36N4O4S/c1-12-18-17(13(2)27)21(28)26(18)19(22(29)30)20(12)31-16-10-25(11-16)9-14-3-5-15(6-4-14)24-8-7-23/h12-18,24,27H,3-11,23H2,1-2H3,(H,29,30)/t12-,13-,14?,15?,17-,18-/m1/s1. The molecule has 1 aliphatic carbocycles. The van der Waals surface area contributed by atoms with Crippen LogP contribution in [0.1, 0.15) is 39.5 Å². The number of carboxylic acid groups (broad SMARTS) is 1. The summed E-state index contributed by atoms with van der Waals surface area (Å²) in [5, 5.41) is 23.6. The van der Waals surface area contributed by atoms with Crippen molar-refractivity contribution in [3.63, 3.8) is 0 Å². The maximum Gasteiger partial charge on any atom is 0.353 e. The lowest BCUT2D eigenvalue weighted by atomic mass is 9.79. The van der Waals surface area contributed by atoms with E-state index < -0.39 is 18.0 Å². The molecule has 1 saturated carbocycles. The van der Waals surface area contributed by atoms with Crippen molar-refractivity contribution in [1.29, 1.82) is 0 Å². The molecule has 174 valence electrons. The van der Waals surface area contributed by atoms with Crippen molar-refractivity contribution >= 4 is 23.6 Å². The van der Waals surface area contributed by atoms with Crippen LogP contribution in [0.5, 0.6) is 0 Å². The van der Waals surface area contributed by atoms with Gasteiger partial charge in [0.2, 0.25) is 5.91 Å². The number of nitrogens with zero attached hydrogens (tertiary/aromatic N) is 2. The van der Waals surface area contributed by atoms with Crippen molar-refractivity contribution in [2.75, 3.05) is 32.7 Å². The van der Waals surface area contributed by atoms with Gasteiger partial charge in [0.25, 0.3) is 0 Å². The van der Waals surface area contributed by atoms with Gasteiger partial charge in [-0.25, -0.2) is 4.79 Å². The molecule has 0 bridgehead atoms. The normalized spacial score (nSPS) is 35.0. The van der Waals surface area contributed by atoms with Gasteiger partial charge < -0.3 is 31.1 Å². The molecule has 4 aliphatic rings. The summed E-state index contributed by atoms with van der Waals surface area (Å²) in [5.41, 5.74) is 5.72. The van der Waals surface area contributed by atoms with Crippen LogP contribution >= 0.6 is 11.8 Å². The van der Waals surface area contributed by atoms with E-state index >= 15 is 0 Å². The first-order valence-corrected chi connectivity index (χ1v) is 12.5. The van der Waals surface area contributed by atoms with Crippen LogP contribution in [0.25, 0.3) is 0 Å². The molecule has 4 atom stereocenters. The number of likely N-dealkylation sites (tertiary alicyclic amines) is 1. The Hall–Kier alpha value is -1.13. The summed E-state index contributed by atoms with van der Waals surface area (Å²) in [4.78, 5) is 29.1. The SMILES string of the molecule is C[C@@H](O)[C@H]1C(=O)N2C(C(=O)O)=C(SC3CN(CC4CCC(NCCN)CC4)C3)[C@H](C)[C@H]12. The Morgan fingerprint density at radius 1 is 1.29 bits per heavy atom. The molecule has 3 fully saturated rings. The van der Waals surface area contributed by atoms with Crippen LogP contribution in [-0.4, -0.2) is 88.1 Å². The lowest BCUT2D eigenvalue weighted by molar-refractivity contribution is -0.163. The highest BCUT2D eigenvalue weighted by Crippen LogP contribution is 2.52.